The van der Waals surface area contributed by atoms with Gasteiger partial charge in [0.25, 0.3) is 0 Å². The summed E-state index contributed by atoms with van der Waals surface area (Å²) in [5.41, 5.74) is 1.14. The SMILES string of the molecule is CC(C)(C)CC(OCC12CC3CC(CC(C3)C1)C2)C(C)(C)C. The maximum Gasteiger partial charge on any atom is 0.0628 e. The molecule has 0 aliphatic heterocycles. The molecule has 0 amide bonds. The second kappa shape index (κ2) is 5.50. The van der Waals surface area contributed by atoms with E-state index in [2.05, 4.69) is 41.5 Å². The molecule has 1 heteroatoms. The van der Waals surface area contributed by atoms with Crippen molar-refractivity contribution in [3.63, 3.8) is 0 Å². The molecule has 0 spiro atoms. The lowest BCUT2D eigenvalue weighted by atomic mass is 9.50. The molecular weight excluding hydrogens is 268 g/mol. The van der Waals surface area contributed by atoms with Crippen LogP contribution in [0.1, 0.15) is 86.5 Å². The van der Waals surface area contributed by atoms with Crippen molar-refractivity contribution in [2.24, 2.45) is 34.0 Å². The van der Waals surface area contributed by atoms with E-state index in [-0.39, 0.29) is 5.41 Å². The Labute approximate surface area is 138 Å². The van der Waals surface area contributed by atoms with Crippen LogP contribution in [0.3, 0.4) is 0 Å². The van der Waals surface area contributed by atoms with E-state index in [9.17, 15) is 0 Å². The molecule has 0 heterocycles. The van der Waals surface area contributed by atoms with Crippen LogP contribution in [0.2, 0.25) is 0 Å². The van der Waals surface area contributed by atoms with Crippen molar-refractivity contribution in [3.05, 3.63) is 0 Å². The lowest BCUT2D eigenvalue weighted by Gasteiger charge is -2.57. The van der Waals surface area contributed by atoms with Gasteiger partial charge < -0.3 is 4.74 Å². The van der Waals surface area contributed by atoms with Crippen LogP contribution in [0.4, 0.5) is 0 Å². The molecule has 0 aromatic heterocycles. The molecule has 4 aliphatic carbocycles. The summed E-state index contributed by atoms with van der Waals surface area (Å²) in [4.78, 5) is 0. The highest BCUT2D eigenvalue weighted by molar-refractivity contribution is 5.01. The Kier molecular flexibility index (Phi) is 4.20. The van der Waals surface area contributed by atoms with E-state index in [0.717, 1.165) is 24.4 Å². The summed E-state index contributed by atoms with van der Waals surface area (Å²) >= 11 is 0. The minimum atomic E-state index is 0.246. The molecule has 4 fully saturated rings. The first-order valence-corrected chi connectivity index (χ1v) is 9.66. The van der Waals surface area contributed by atoms with E-state index in [1.165, 1.54) is 44.9 Å². The third-order valence-corrected chi connectivity index (χ3v) is 6.52. The molecule has 0 aromatic carbocycles. The molecule has 4 saturated carbocycles. The van der Waals surface area contributed by atoms with E-state index in [1.807, 2.05) is 0 Å². The third-order valence-electron chi connectivity index (χ3n) is 6.52. The van der Waals surface area contributed by atoms with Crippen LogP contribution in [0.15, 0.2) is 0 Å². The van der Waals surface area contributed by atoms with Gasteiger partial charge in [0.15, 0.2) is 0 Å². The Balaban J connectivity index is 1.64. The summed E-state index contributed by atoms with van der Waals surface area (Å²) in [6.07, 6.45) is 10.5. The molecule has 0 N–H and O–H groups in total. The quantitative estimate of drug-likeness (QED) is 0.612. The molecular formula is C21H38O. The van der Waals surface area contributed by atoms with Crippen molar-refractivity contribution in [1.29, 1.82) is 0 Å². The van der Waals surface area contributed by atoms with Gasteiger partial charge in [0.1, 0.15) is 0 Å². The topological polar surface area (TPSA) is 9.23 Å². The minimum Gasteiger partial charge on any atom is -0.377 e. The standard InChI is InChI=1S/C21H38O/c1-19(2,3)13-18(20(4,5)6)22-14-21-10-15-7-16(11-21)9-17(8-15)12-21/h15-18H,7-14H2,1-6H3. The number of hydrogen-bond donors (Lipinski definition) is 0. The lowest BCUT2D eigenvalue weighted by Crippen LogP contribution is -2.49. The maximum absolute atomic E-state index is 6.67. The highest BCUT2D eigenvalue weighted by Crippen LogP contribution is 2.60. The Morgan fingerprint density at radius 2 is 1.32 bits per heavy atom. The van der Waals surface area contributed by atoms with Gasteiger partial charge in [-0.25, -0.2) is 0 Å². The fourth-order valence-electron chi connectivity index (χ4n) is 5.92. The van der Waals surface area contributed by atoms with Crippen LogP contribution >= 0.6 is 0 Å². The Hall–Kier alpha value is -0.0400. The zero-order valence-electron chi connectivity index (χ0n) is 15.9. The second-order valence-corrected chi connectivity index (χ2v) is 11.3. The van der Waals surface area contributed by atoms with Gasteiger partial charge in [0.05, 0.1) is 12.7 Å². The summed E-state index contributed by atoms with van der Waals surface area (Å²) in [6.45, 7) is 15.1. The van der Waals surface area contributed by atoms with Gasteiger partial charge in [-0.2, -0.15) is 0 Å². The summed E-state index contributed by atoms with van der Waals surface area (Å²) in [7, 11) is 0. The highest BCUT2D eigenvalue weighted by Gasteiger charge is 2.51. The second-order valence-electron chi connectivity index (χ2n) is 11.3. The molecule has 22 heavy (non-hydrogen) atoms. The summed E-state index contributed by atoms with van der Waals surface area (Å²) in [6, 6.07) is 0. The third kappa shape index (κ3) is 3.71. The average Bonchev–Trinajstić information content (AvgIpc) is 2.30. The fraction of sp³-hybridized carbons (Fsp3) is 1.00. The Morgan fingerprint density at radius 3 is 1.68 bits per heavy atom. The van der Waals surface area contributed by atoms with Gasteiger partial charge in [-0.1, -0.05) is 41.5 Å². The van der Waals surface area contributed by atoms with E-state index in [4.69, 9.17) is 4.74 Å². The molecule has 0 saturated heterocycles. The molecule has 0 aromatic rings. The summed E-state index contributed by atoms with van der Waals surface area (Å²) < 4.78 is 6.67. The van der Waals surface area contributed by atoms with Crippen molar-refractivity contribution >= 4 is 0 Å². The van der Waals surface area contributed by atoms with Crippen molar-refractivity contribution in [2.45, 2.75) is 92.6 Å². The van der Waals surface area contributed by atoms with Gasteiger partial charge in [0, 0.05) is 0 Å². The zero-order valence-corrected chi connectivity index (χ0v) is 15.9. The van der Waals surface area contributed by atoms with Crippen LogP contribution in [-0.2, 0) is 4.74 Å². The molecule has 1 atom stereocenters. The fourth-order valence-corrected chi connectivity index (χ4v) is 5.92. The first-order chi connectivity index (χ1) is 10.0. The van der Waals surface area contributed by atoms with Gasteiger partial charge in [-0.3, -0.25) is 0 Å². The van der Waals surface area contributed by atoms with Crippen molar-refractivity contribution < 1.29 is 4.74 Å². The maximum atomic E-state index is 6.67. The summed E-state index contributed by atoms with van der Waals surface area (Å²) in [5.74, 6) is 3.10. The molecule has 1 nitrogen and oxygen atoms in total. The van der Waals surface area contributed by atoms with E-state index in [1.54, 1.807) is 0 Å². The first kappa shape index (κ1) is 16.8. The van der Waals surface area contributed by atoms with E-state index < -0.39 is 0 Å². The summed E-state index contributed by atoms with van der Waals surface area (Å²) in [5, 5.41) is 0. The lowest BCUT2D eigenvalue weighted by molar-refractivity contribution is -0.134. The smallest absolute Gasteiger partial charge is 0.0628 e. The predicted octanol–water partition coefficient (Wildman–Crippen LogP) is 6.07. The largest absolute Gasteiger partial charge is 0.377 e. The molecule has 128 valence electrons. The van der Waals surface area contributed by atoms with Crippen molar-refractivity contribution in [2.75, 3.05) is 6.61 Å². The molecule has 1 unspecified atom stereocenters. The number of rotatable bonds is 4. The van der Waals surface area contributed by atoms with Crippen molar-refractivity contribution in [1.82, 2.24) is 0 Å². The van der Waals surface area contributed by atoms with Crippen LogP contribution < -0.4 is 0 Å². The van der Waals surface area contributed by atoms with Crippen LogP contribution in [-0.4, -0.2) is 12.7 Å². The van der Waals surface area contributed by atoms with Crippen LogP contribution in [0, 0.1) is 34.0 Å². The minimum absolute atomic E-state index is 0.246. The average molecular weight is 307 g/mol. The van der Waals surface area contributed by atoms with Crippen LogP contribution in [0.25, 0.3) is 0 Å². The van der Waals surface area contributed by atoms with Gasteiger partial charge >= 0.3 is 0 Å². The molecule has 4 rings (SSSR count). The zero-order chi connectivity index (χ0) is 16.2. The normalized spacial score (nSPS) is 39.3. The first-order valence-electron chi connectivity index (χ1n) is 9.66. The van der Waals surface area contributed by atoms with Crippen LogP contribution in [0.5, 0.6) is 0 Å². The highest BCUT2D eigenvalue weighted by atomic mass is 16.5. The number of hydrogen-bond acceptors (Lipinski definition) is 1. The van der Waals surface area contributed by atoms with Gasteiger partial charge in [-0.05, 0) is 78.9 Å². The Morgan fingerprint density at radius 1 is 0.864 bits per heavy atom. The predicted molar refractivity (Wildman–Crippen MR) is 93.9 cm³/mol. The molecule has 0 radical (unpaired) electrons. The van der Waals surface area contributed by atoms with Gasteiger partial charge in [0.2, 0.25) is 0 Å². The van der Waals surface area contributed by atoms with Crippen molar-refractivity contribution in [3.8, 4) is 0 Å². The molecule has 4 bridgehead atoms. The number of ether oxygens (including phenoxy) is 1. The monoisotopic (exact) mass is 306 g/mol. The Bertz CT molecular complexity index is 360. The van der Waals surface area contributed by atoms with E-state index in [0.29, 0.717) is 16.9 Å². The van der Waals surface area contributed by atoms with E-state index >= 15 is 0 Å². The van der Waals surface area contributed by atoms with Gasteiger partial charge in [-0.15, -0.1) is 0 Å². The molecule has 4 aliphatic rings.